The smallest absolute Gasteiger partial charge is 0.341 e. The molecule has 0 unspecified atom stereocenters. The van der Waals surface area contributed by atoms with Gasteiger partial charge >= 0.3 is 5.97 Å². The summed E-state index contributed by atoms with van der Waals surface area (Å²) in [6.07, 6.45) is 6.65. The van der Waals surface area contributed by atoms with Gasteiger partial charge in [0.25, 0.3) is 0 Å². The first-order chi connectivity index (χ1) is 14.7. The molecule has 0 bridgehead atoms. The van der Waals surface area contributed by atoms with Crippen molar-refractivity contribution in [1.29, 1.82) is 0 Å². The van der Waals surface area contributed by atoms with Gasteiger partial charge in [0.2, 0.25) is 0 Å². The first-order valence-corrected chi connectivity index (χ1v) is 11.8. The Morgan fingerprint density at radius 1 is 1.03 bits per heavy atom. The normalized spacial score (nSPS) is 13.8. The molecule has 0 spiro atoms. The van der Waals surface area contributed by atoms with Gasteiger partial charge in [-0.2, -0.15) is 0 Å². The number of thiocarbonyl (C=S) groups is 1. The quantitative estimate of drug-likeness (QED) is 0.357. The molecule has 0 amide bonds. The summed E-state index contributed by atoms with van der Waals surface area (Å²) in [5.74, 6) is -0.258. The van der Waals surface area contributed by atoms with Crippen molar-refractivity contribution in [3.05, 3.63) is 58.5 Å². The lowest BCUT2D eigenvalue weighted by atomic mass is 9.96. The summed E-state index contributed by atoms with van der Waals surface area (Å²) < 4.78 is 5.39. The van der Waals surface area contributed by atoms with Crippen LogP contribution >= 0.6 is 23.6 Å². The number of carbonyl (C=O) groups is 1. The molecule has 6 heteroatoms. The Kier molecular flexibility index (Phi) is 6.65. The predicted octanol–water partition coefficient (Wildman–Crippen LogP) is 6.55. The molecule has 0 aliphatic heterocycles. The number of ether oxygens (including phenoxy) is 1. The van der Waals surface area contributed by atoms with Gasteiger partial charge in [-0.1, -0.05) is 49.2 Å². The standard InChI is InChI=1S/C24H26N2O2S2/c1-2-28-23(27)21-18-13-5-3-4-6-15-20(18)30-22(21)26-24(29)25-19-14-9-11-16-10-7-8-12-17(16)19/h7-12,14H,2-6,13,15H2,1H3,(H2,25,26,29). The molecule has 156 valence electrons. The highest BCUT2D eigenvalue weighted by atomic mass is 32.1. The zero-order chi connectivity index (χ0) is 20.9. The van der Waals surface area contributed by atoms with E-state index in [4.69, 9.17) is 17.0 Å². The molecule has 0 atom stereocenters. The van der Waals surface area contributed by atoms with Crippen LogP contribution in [0.4, 0.5) is 10.7 Å². The minimum atomic E-state index is -0.258. The molecule has 2 aromatic carbocycles. The number of hydrogen-bond donors (Lipinski definition) is 2. The van der Waals surface area contributed by atoms with E-state index in [1.54, 1.807) is 11.3 Å². The number of benzene rings is 2. The monoisotopic (exact) mass is 438 g/mol. The van der Waals surface area contributed by atoms with Crippen molar-refractivity contribution in [2.24, 2.45) is 0 Å². The third-order valence-corrected chi connectivity index (χ3v) is 6.83. The summed E-state index contributed by atoms with van der Waals surface area (Å²) in [5.41, 5.74) is 2.76. The van der Waals surface area contributed by atoms with Gasteiger partial charge in [0.05, 0.1) is 12.2 Å². The Bertz CT molecular complexity index is 1070. The van der Waals surface area contributed by atoms with Crippen molar-refractivity contribution in [3.8, 4) is 0 Å². The number of anilines is 2. The lowest BCUT2D eigenvalue weighted by Gasteiger charge is -2.13. The number of aryl methyl sites for hydroxylation is 1. The zero-order valence-corrected chi connectivity index (χ0v) is 18.8. The summed E-state index contributed by atoms with van der Waals surface area (Å²) in [4.78, 5) is 14.1. The summed E-state index contributed by atoms with van der Waals surface area (Å²) in [6.45, 7) is 2.20. The zero-order valence-electron chi connectivity index (χ0n) is 17.1. The molecule has 4 rings (SSSR count). The number of thiophene rings is 1. The summed E-state index contributed by atoms with van der Waals surface area (Å²) in [6, 6.07) is 14.3. The highest BCUT2D eigenvalue weighted by molar-refractivity contribution is 7.80. The molecule has 1 aliphatic carbocycles. The lowest BCUT2D eigenvalue weighted by molar-refractivity contribution is 0.0526. The maximum atomic E-state index is 12.8. The third-order valence-electron chi connectivity index (χ3n) is 5.42. The van der Waals surface area contributed by atoms with Crippen LogP contribution in [0.25, 0.3) is 10.8 Å². The average Bonchev–Trinajstić information content (AvgIpc) is 3.04. The summed E-state index contributed by atoms with van der Waals surface area (Å²) in [7, 11) is 0. The van der Waals surface area contributed by atoms with E-state index in [1.165, 1.54) is 17.7 Å². The van der Waals surface area contributed by atoms with Crippen molar-refractivity contribution in [3.63, 3.8) is 0 Å². The fourth-order valence-corrected chi connectivity index (χ4v) is 5.58. The van der Waals surface area contributed by atoms with Crippen molar-refractivity contribution in [2.75, 3.05) is 17.2 Å². The Balaban J connectivity index is 1.62. The number of esters is 1. The molecule has 0 fully saturated rings. The first kappa shape index (κ1) is 20.8. The van der Waals surface area contributed by atoms with Crippen LogP contribution in [0.1, 0.15) is 53.4 Å². The second-order valence-corrected chi connectivity index (χ2v) is 8.96. The maximum Gasteiger partial charge on any atom is 0.341 e. The molecule has 0 radical (unpaired) electrons. The van der Waals surface area contributed by atoms with E-state index in [0.717, 1.165) is 52.7 Å². The van der Waals surface area contributed by atoms with Gasteiger partial charge in [-0.05, 0) is 61.8 Å². The van der Waals surface area contributed by atoms with E-state index in [-0.39, 0.29) is 5.97 Å². The highest BCUT2D eigenvalue weighted by Gasteiger charge is 2.25. The predicted molar refractivity (Wildman–Crippen MR) is 130 cm³/mol. The van der Waals surface area contributed by atoms with Crippen LogP contribution in [0.3, 0.4) is 0 Å². The largest absolute Gasteiger partial charge is 0.462 e. The molecule has 1 heterocycles. The van der Waals surface area contributed by atoms with Crippen molar-refractivity contribution < 1.29 is 9.53 Å². The lowest BCUT2D eigenvalue weighted by Crippen LogP contribution is -2.20. The Hall–Kier alpha value is -2.44. The molecule has 0 saturated carbocycles. The fourth-order valence-electron chi connectivity index (χ4n) is 4.02. The Morgan fingerprint density at radius 3 is 2.63 bits per heavy atom. The van der Waals surface area contributed by atoms with Crippen LogP contribution in [0, 0.1) is 0 Å². The maximum absolute atomic E-state index is 12.8. The average molecular weight is 439 g/mol. The number of hydrogen-bond acceptors (Lipinski definition) is 4. The molecule has 2 N–H and O–H groups in total. The van der Waals surface area contributed by atoms with Crippen molar-refractivity contribution >= 4 is 56.1 Å². The Labute approximate surface area is 186 Å². The van der Waals surface area contributed by atoms with E-state index in [0.29, 0.717) is 17.3 Å². The SMILES string of the molecule is CCOC(=O)c1c(NC(=S)Nc2cccc3ccccc23)sc2c1CCCCCC2. The number of fused-ring (bicyclic) bond motifs is 2. The van der Waals surface area contributed by atoms with Crippen LogP contribution in [0.15, 0.2) is 42.5 Å². The number of rotatable bonds is 4. The number of nitrogens with one attached hydrogen (secondary N) is 2. The van der Waals surface area contributed by atoms with Crippen LogP contribution in [0.5, 0.6) is 0 Å². The van der Waals surface area contributed by atoms with Gasteiger partial charge in [-0.15, -0.1) is 11.3 Å². The topological polar surface area (TPSA) is 50.4 Å². The van der Waals surface area contributed by atoms with E-state index >= 15 is 0 Å². The highest BCUT2D eigenvalue weighted by Crippen LogP contribution is 2.37. The van der Waals surface area contributed by atoms with Crippen molar-refractivity contribution in [1.82, 2.24) is 0 Å². The second kappa shape index (κ2) is 9.58. The molecule has 3 aromatic rings. The van der Waals surface area contributed by atoms with Gasteiger partial charge in [0.1, 0.15) is 5.00 Å². The van der Waals surface area contributed by atoms with E-state index in [9.17, 15) is 4.79 Å². The van der Waals surface area contributed by atoms with Crippen LogP contribution in [0.2, 0.25) is 0 Å². The van der Waals surface area contributed by atoms with E-state index in [1.807, 2.05) is 31.2 Å². The number of carbonyl (C=O) groups excluding carboxylic acids is 1. The van der Waals surface area contributed by atoms with Crippen LogP contribution in [-0.2, 0) is 17.6 Å². The van der Waals surface area contributed by atoms with E-state index < -0.39 is 0 Å². The van der Waals surface area contributed by atoms with Gasteiger partial charge in [0.15, 0.2) is 5.11 Å². The van der Waals surface area contributed by atoms with Gasteiger partial charge < -0.3 is 15.4 Å². The minimum absolute atomic E-state index is 0.258. The van der Waals surface area contributed by atoms with Gasteiger partial charge in [-0.3, -0.25) is 0 Å². The molecule has 4 nitrogen and oxygen atoms in total. The third kappa shape index (κ3) is 4.50. The van der Waals surface area contributed by atoms with Gasteiger partial charge in [-0.25, -0.2) is 4.79 Å². The molecule has 30 heavy (non-hydrogen) atoms. The summed E-state index contributed by atoms with van der Waals surface area (Å²) >= 11 is 7.26. The van der Waals surface area contributed by atoms with Gasteiger partial charge in [0, 0.05) is 16.0 Å². The van der Waals surface area contributed by atoms with Crippen molar-refractivity contribution in [2.45, 2.75) is 45.4 Å². The Morgan fingerprint density at radius 2 is 1.80 bits per heavy atom. The fraction of sp³-hybridized carbons (Fsp3) is 0.333. The minimum Gasteiger partial charge on any atom is -0.462 e. The van der Waals surface area contributed by atoms with Crippen LogP contribution < -0.4 is 10.6 Å². The molecule has 1 aliphatic rings. The molecular weight excluding hydrogens is 412 g/mol. The second-order valence-electron chi connectivity index (χ2n) is 7.45. The van der Waals surface area contributed by atoms with E-state index in [2.05, 4.69) is 28.8 Å². The molecule has 0 saturated heterocycles. The first-order valence-electron chi connectivity index (χ1n) is 10.5. The molecular formula is C24H26N2O2S2. The molecule has 1 aromatic heterocycles. The summed E-state index contributed by atoms with van der Waals surface area (Å²) in [5, 5.41) is 10.1. The van der Waals surface area contributed by atoms with Crippen LogP contribution in [-0.4, -0.2) is 17.7 Å².